The van der Waals surface area contributed by atoms with Gasteiger partial charge in [-0.05, 0) is 13.3 Å². The fourth-order valence-electron chi connectivity index (χ4n) is 1.90. The average molecular weight is 142 g/mol. The van der Waals surface area contributed by atoms with Gasteiger partial charge in [-0.25, -0.2) is 0 Å². The lowest BCUT2D eigenvalue weighted by molar-refractivity contribution is -0.0240. The van der Waals surface area contributed by atoms with Gasteiger partial charge in [-0.3, -0.25) is 0 Å². The van der Waals surface area contributed by atoms with E-state index in [9.17, 15) is 0 Å². The van der Waals surface area contributed by atoms with Gasteiger partial charge in [0.25, 0.3) is 0 Å². The number of rotatable bonds is 0. The lowest BCUT2D eigenvalue weighted by Gasteiger charge is -2.25. The van der Waals surface area contributed by atoms with E-state index in [-0.39, 0.29) is 5.60 Å². The van der Waals surface area contributed by atoms with Crippen LogP contribution in [-0.4, -0.2) is 24.9 Å². The van der Waals surface area contributed by atoms with E-state index in [1.807, 2.05) is 0 Å². The molecule has 3 atom stereocenters. The van der Waals surface area contributed by atoms with Crippen molar-refractivity contribution < 1.29 is 9.47 Å². The van der Waals surface area contributed by atoms with E-state index in [4.69, 9.17) is 9.47 Å². The van der Waals surface area contributed by atoms with Gasteiger partial charge in [0.1, 0.15) is 0 Å². The largest absolute Gasteiger partial charge is 0.375 e. The fraction of sp³-hybridized carbons (Fsp3) is 1.00. The molecule has 2 heterocycles. The van der Waals surface area contributed by atoms with E-state index < -0.39 is 0 Å². The summed E-state index contributed by atoms with van der Waals surface area (Å²) in [5, 5.41) is 0. The maximum Gasteiger partial charge on any atom is 0.0963 e. The molecule has 0 spiro atoms. The van der Waals surface area contributed by atoms with Crippen molar-refractivity contribution >= 4 is 0 Å². The Balaban J connectivity index is 2.21. The minimum atomic E-state index is 0.0417. The topological polar surface area (TPSA) is 18.5 Å². The van der Waals surface area contributed by atoms with Crippen LogP contribution < -0.4 is 0 Å². The van der Waals surface area contributed by atoms with Crippen LogP contribution >= 0.6 is 0 Å². The predicted octanol–water partition coefficient (Wildman–Crippen LogP) is 1.20. The van der Waals surface area contributed by atoms with Crippen LogP contribution in [0, 0.1) is 5.92 Å². The van der Waals surface area contributed by atoms with E-state index in [1.165, 1.54) is 0 Å². The van der Waals surface area contributed by atoms with Gasteiger partial charge in [0.15, 0.2) is 0 Å². The van der Waals surface area contributed by atoms with Gasteiger partial charge in [-0.2, -0.15) is 0 Å². The molecule has 0 unspecified atom stereocenters. The molecule has 2 saturated heterocycles. The lowest BCUT2D eigenvalue weighted by atomic mass is 9.89. The van der Waals surface area contributed by atoms with E-state index in [0.29, 0.717) is 12.0 Å². The van der Waals surface area contributed by atoms with Crippen LogP contribution in [0.25, 0.3) is 0 Å². The molecule has 0 bridgehead atoms. The first kappa shape index (κ1) is 6.62. The molecule has 0 aliphatic carbocycles. The Bertz CT molecular complexity index is 146. The van der Waals surface area contributed by atoms with E-state index >= 15 is 0 Å². The second-order valence-corrected chi connectivity index (χ2v) is 3.54. The Morgan fingerprint density at radius 1 is 1.50 bits per heavy atom. The Morgan fingerprint density at radius 2 is 2.30 bits per heavy atom. The van der Waals surface area contributed by atoms with Gasteiger partial charge in [-0.15, -0.1) is 0 Å². The smallest absolute Gasteiger partial charge is 0.0963 e. The average Bonchev–Trinajstić information content (AvgIpc) is 2.36. The summed E-state index contributed by atoms with van der Waals surface area (Å²) in [5.74, 6) is 0.569. The van der Waals surface area contributed by atoms with Gasteiger partial charge >= 0.3 is 0 Å². The molecule has 0 aromatic rings. The molecule has 10 heavy (non-hydrogen) atoms. The van der Waals surface area contributed by atoms with Crippen molar-refractivity contribution in [1.29, 1.82) is 0 Å². The Labute approximate surface area is 61.5 Å². The van der Waals surface area contributed by atoms with Crippen LogP contribution in [0.15, 0.2) is 0 Å². The summed E-state index contributed by atoms with van der Waals surface area (Å²) < 4.78 is 11.2. The quantitative estimate of drug-likeness (QED) is 0.506. The van der Waals surface area contributed by atoms with Crippen LogP contribution in [0.3, 0.4) is 0 Å². The molecule has 2 aliphatic heterocycles. The molecule has 0 N–H and O–H groups in total. The van der Waals surface area contributed by atoms with Crippen LogP contribution in [0.4, 0.5) is 0 Å². The third-order valence-electron chi connectivity index (χ3n) is 2.96. The number of ether oxygens (including phenoxy) is 2. The second-order valence-electron chi connectivity index (χ2n) is 3.54. The molecule has 0 amide bonds. The molecule has 2 aliphatic rings. The van der Waals surface area contributed by atoms with Gasteiger partial charge in [0.05, 0.1) is 24.9 Å². The fourth-order valence-corrected chi connectivity index (χ4v) is 1.90. The Kier molecular flexibility index (Phi) is 1.29. The molecular weight excluding hydrogens is 128 g/mol. The molecule has 0 aromatic carbocycles. The molecular formula is C8H14O2. The third kappa shape index (κ3) is 0.663. The molecule has 58 valence electrons. The second kappa shape index (κ2) is 1.95. The van der Waals surface area contributed by atoms with Crippen molar-refractivity contribution in [3.05, 3.63) is 0 Å². The number of hydrogen-bond donors (Lipinski definition) is 0. The van der Waals surface area contributed by atoms with E-state index in [2.05, 4.69) is 13.8 Å². The van der Waals surface area contributed by atoms with Crippen molar-refractivity contribution in [2.24, 2.45) is 5.92 Å². The number of hydrogen-bond acceptors (Lipinski definition) is 2. The van der Waals surface area contributed by atoms with Crippen molar-refractivity contribution in [1.82, 2.24) is 0 Å². The standard InChI is InChI=1S/C8H14O2/c1-6-5-9-7-3-4-10-8(6,7)2/h6-7H,3-5H2,1-2H3/t6-,7+,8+/m0/s1. The highest BCUT2D eigenvalue weighted by atomic mass is 16.6. The van der Waals surface area contributed by atoms with Gasteiger partial charge in [0, 0.05) is 5.92 Å². The normalized spacial score (nSPS) is 53.4. The Hall–Kier alpha value is -0.0800. The highest BCUT2D eigenvalue weighted by Crippen LogP contribution is 2.40. The number of fused-ring (bicyclic) bond motifs is 1. The van der Waals surface area contributed by atoms with Gasteiger partial charge in [0.2, 0.25) is 0 Å². The summed E-state index contributed by atoms with van der Waals surface area (Å²) in [6, 6.07) is 0. The lowest BCUT2D eigenvalue weighted by Crippen LogP contribution is -2.36. The summed E-state index contributed by atoms with van der Waals surface area (Å²) in [4.78, 5) is 0. The van der Waals surface area contributed by atoms with Crippen molar-refractivity contribution in [2.75, 3.05) is 13.2 Å². The van der Waals surface area contributed by atoms with Gasteiger partial charge < -0.3 is 9.47 Å². The predicted molar refractivity (Wildman–Crippen MR) is 37.9 cm³/mol. The SMILES string of the molecule is C[C@H]1CO[C@@H]2CCO[C@]12C. The third-order valence-corrected chi connectivity index (χ3v) is 2.96. The van der Waals surface area contributed by atoms with Gasteiger partial charge in [-0.1, -0.05) is 6.92 Å². The van der Waals surface area contributed by atoms with Crippen molar-refractivity contribution in [2.45, 2.75) is 32.0 Å². The monoisotopic (exact) mass is 142 g/mol. The van der Waals surface area contributed by atoms with Crippen LogP contribution in [0.2, 0.25) is 0 Å². The maximum absolute atomic E-state index is 5.65. The molecule has 0 saturated carbocycles. The van der Waals surface area contributed by atoms with Crippen molar-refractivity contribution in [3.63, 3.8) is 0 Å². The van der Waals surface area contributed by atoms with Crippen LogP contribution in [-0.2, 0) is 9.47 Å². The highest BCUT2D eigenvalue weighted by Gasteiger charge is 2.49. The minimum absolute atomic E-state index is 0.0417. The zero-order valence-electron chi connectivity index (χ0n) is 6.59. The maximum atomic E-state index is 5.65. The zero-order chi connectivity index (χ0) is 7.19. The molecule has 2 rings (SSSR count). The molecule has 0 radical (unpaired) electrons. The zero-order valence-corrected chi connectivity index (χ0v) is 6.59. The summed E-state index contributed by atoms with van der Waals surface area (Å²) >= 11 is 0. The summed E-state index contributed by atoms with van der Waals surface area (Å²) in [6.45, 7) is 6.13. The molecule has 2 fully saturated rings. The molecule has 2 heteroatoms. The van der Waals surface area contributed by atoms with Crippen LogP contribution in [0.5, 0.6) is 0 Å². The van der Waals surface area contributed by atoms with Crippen molar-refractivity contribution in [3.8, 4) is 0 Å². The highest BCUT2D eigenvalue weighted by molar-refractivity contribution is 4.98. The summed E-state index contributed by atoms with van der Waals surface area (Å²) in [7, 11) is 0. The van der Waals surface area contributed by atoms with Crippen LogP contribution in [0.1, 0.15) is 20.3 Å². The van der Waals surface area contributed by atoms with E-state index in [1.54, 1.807) is 0 Å². The first-order chi connectivity index (χ1) is 4.73. The first-order valence-electron chi connectivity index (χ1n) is 3.99. The molecule has 0 aromatic heterocycles. The first-order valence-corrected chi connectivity index (χ1v) is 3.99. The summed E-state index contributed by atoms with van der Waals surface area (Å²) in [6.07, 6.45) is 1.46. The Morgan fingerprint density at radius 3 is 3.00 bits per heavy atom. The molecule has 2 nitrogen and oxygen atoms in total. The van der Waals surface area contributed by atoms with E-state index in [0.717, 1.165) is 19.6 Å². The summed E-state index contributed by atoms with van der Waals surface area (Å²) in [5.41, 5.74) is 0.0417. The minimum Gasteiger partial charge on any atom is -0.375 e.